The largest absolute Gasteiger partial charge is 0.377 e. The van der Waals surface area contributed by atoms with Crippen molar-refractivity contribution in [2.45, 2.75) is 91.1 Å². The van der Waals surface area contributed by atoms with Crippen LogP contribution in [0.2, 0.25) is 0 Å². The molecular formula is C28H47N3O. The van der Waals surface area contributed by atoms with E-state index in [4.69, 9.17) is 4.74 Å². The van der Waals surface area contributed by atoms with Crippen LogP contribution in [0.25, 0.3) is 0 Å². The fourth-order valence-corrected chi connectivity index (χ4v) is 6.14. The average molecular weight is 442 g/mol. The normalized spacial score (nSPS) is 27.7. The van der Waals surface area contributed by atoms with E-state index in [2.05, 4.69) is 67.5 Å². The van der Waals surface area contributed by atoms with E-state index < -0.39 is 0 Å². The van der Waals surface area contributed by atoms with Gasteiger partial charge in [-0.1, -0.05) is 27.2 Å². The summed E-state index contributed by atoms with van der Waals surface area (Å²) in [6.45, 7) is 19.5. The lowest BCUT2D eigenvalue weighted by Gasteiger charge is -2.43. The van der Waals surface area contributed by atoms with E-state index >= 15 is 0 Å². The van der Waals surface area contributed by atoms with Crippen molar-refractivity contribution in [3.63, 3.8) is 0 Å². The van der Waals surface area contributed by atoms with Crippen molar-refractivity contribution in [1.29, 1.82) is 0 Å². The van der Waals surface area contributed by atoms with Gasteiger partial charge in [-0.25, -0.2) is 0 Å². The molecule has 4 nitrogen and oxygen atoms in total. The summed E-state index contributed by atoms with van der Waals surface area (Å²) in [4.78, 5) is 7.95. The van der Waals surface area contributed by atoms with E-state index in [0.29, 0.717) is 23.4 Å². The van der Waals surface area contributed by atoms with Crippen molar-refractivity contribution in [3.05, 3.63) is 23.8 Å². The van der Waals surface area contributed by atoms with E-state index in [0.717, 1.165) is 13.2 Å². The molecule has 0 radical (unpaired) electrons. The first-order valence-corrected chi connectivity index (χ1v) is 13.4. The number of benzene rings is 1. The van der Waals surface area contributed by atoms with Gasteiger partial charge >= 0.3 is 0 Å². The molecule has 2 aliphatic heterocycles. The predicted octanol–water partition coefficient (Wildman–Crippen LogP) is 5.91. The van der Waals surface area contributed by atoms with Crippen LogP contribution in [0.5, 0.6) is 0 Å². The Bertz CT molecular complexity index is 720. The molecule has 0 bridgehead atoms. The Morgan fingerprint density at radius 1 is 0.969 bits per heavy atom. The molecule has 3 aliphatic rings. The third-order valence-electron chi connectivity index (χ3n) is 8.30. The third-order valence-corrected chi connectivity index (χ3v) is 8.30. The van der Waals surface area contributed by atoms with Crippen molar-refractivity contribution in [3.8, 4) is 0 Å². The summed E-state index contributed by atoms with van der Waals surface area (Å²) < 4.78 is 5.82. The monoisotopic (exact) mass is 441 g/mol. The third kappa shape index (κ3) is 5.44. The molecule has 1 saturated carbocycles. The highest BCUT2D eigenvalue weighted by Gasteiger charge is 2.32. The zero-order chi connectivity index (χ0) is 22.7. The Kier molecular flexibility index (Phi) is 7.72. The molecule has 0 aromatic heterocycles. The van der Waals surface area contributed by atoms with Crippen molar-refractivity contribution in [1.82, 2.24) is 4.90 Å². The highest BCUT2D eigenvalue weighted by molar-refractivity contribution is 5.64. The van der Waals surface area contributed by atoms with Gasteiger partial charge in [0.2, 0.25) is 0 Å². The van der Waals surface area contributed by atoms with Crippen LogP contribution in [0.3, 0.4) is 0 Å². The molecule has 4 rings (SSSR count). The molecule has 2 atom stereocenters. The maximum absolute atomic E-state index is 5.82. The lowest BCUT2D eigenvalue weighted by molar-refractivity contribution is 0.0757. The molecule has 180 valence electrons. The molecule has 1 aromatic rings. The number of anilines is 2. The van der Waals surface area contributed by atoms with Gasteiger partial charge in [0.15, 0.2) is 0 Å². The van der Waals surface area contributed by atoms with Gasteiger partial charge in [-0.15, -0.1) is 0 Å². The molecule has 0 unspecified atom stereocenters. The van der Waals surface area contributed by atoms with Crippen molar-refractivity contribution < 1.29 is 4.74 Å². The number of piperazine rings is 1. The molecule has 2 saturated heterocycles. The van der Waals surface area contributed by atoms with Crippen LogP contribution < -0.4 is 9.80 Å². The zero-order valence-electron chi connectivity index (χ0n) is 21.4. The summed E-state index contributed by atoms with van der Waals surface area (Å²) in [5, 5.41) is 0. The maximum atomic E-state index is 5.82. The first-order chi connectivity index (χ1) is 15.4. The summed E-state index contributed by atoms with van der Waals surface area (Å²) in [6.07, 6.45) is 7.96. The molecule has 2 heterocycles. The Labute approximate surface area is 197 Å². The molecule has 4 heteroatoms. The van der Waals surface area contributed by atoms with Crippen molar-refractivity contribution >= 4 is 11.4 Å². The van der Waals surface area contributed by atoms with Gasteiger partial charge in [-0.2, -0.15) is 0 Å². The second kappa shape index (κ2) is 10.3. The number of nitrogens with zero attached hydrogens (tertiary/aromatic N) is 3. The topological polar surface area (TPSA) is 19.0 Å². The highest BCUT2D eigenvalue weighted by Crippen LogP contribution is 2.46. The smallest absolute Gasteiger partial charge is 0.0668 e. The zero-order valence-corrected chi connectivity index (χ0v) is 21.4. The van der Waals surface area contributed by atoms with Gasteiger partial charge in [0, 0.05) is 49.6 Å². The van der Waals surface area contributed by atoms with Crippen LogP contribution in [0.4, 0.5) is 11.4 Å². The lowest BCUT2D eigenvalue weighted by Crippen LogP contribution is -2.50. The van der Waals surface area contributed by atoms with Crippen LogP contribution in [-0.4, -0.2) is 62.9 Å². The second-order valence-corrected chi connectivity index (χ2v) is 11.5. The highest BCUT2D eigenvalue weighted by atomic mass is 16.5. The Balaban J connectivity index is 1.58. The number of rotatable bonds is 6. The first-order valence-electron chi connectivity index (χ1n) is 13.4. The number of morpholine rings is 1. The molecule has 32 heavy (non-hydrogen) atoms. The molecule has 1 aliphatic carbocycles. The van der Waals surface area contributed by atoms with E-state index in [1.54, 1.807) is 5.56 Å². The molecule has 0 N–H and O–H groups in total. The number of hydrogen-bond donors (Lipinski definition) is 0. The minimum atomic E-state index is 0.435. The van der Waals surface area contributed by atoms with E-state index in [1.807, 2.05) is 0 Å². The van der Waals surface area contributed by atoms with E-state index in [1.165, 1.54) is 82.6 Å². The van der Waals surface area contributed by atoms with E-state index in [-0.39, 0.29) is 0 Å². The molecule has 1 aromatic carbocycles. The van der Waals surface area contributed by atoms with Gasteiger partial charge in [-0.3, -0.25) is 4.90 Å². The lowest BCUT2D eigenvalue weighted by atomic mass is 9.71. The predicted molar refractivity (Wildman–Crippen MR) is 137 cm³/mol. The van der Waals surface area contributed by atoms with Crippen molar-refractivity contribution in [2.75, 3.05) is 55.7 Å². The van der Waals surface area contributed by atoms with Gasteiger partial charge in [0.25, 0.3) is 0 Å². The van der Waals surface area contributed by atoms with Crippen LogP contribution in [-0.2, 0) is 4.74 Å². The Morgan fingerprint density at radius 2 is 1.62 bits per heavy atom. The van der Waals surface area contributed by atoms with Crippen molar-refractivity contribution in [2.24, 2.45) is 5.41 Å². The fraction of sp³-hybridized carbons (Fsp3) is 0.786. The number of unbranched alkanes of at least 4 members (excludes halogenated alkanes) is 1. The van der Waals surface area contributed by atoms with Gasteiger partial charge in [0.05, 0.1) is 13.2 Å². The average Bonchev–Trinajstić information content (AvgIpc) is 2.78. The first kappa shape index (κ1) is 23.9. The van der Waals surface area contributed by atoms with Crippen LogP contribution in [0.1, 0.15) is 84.6 Å². The summed E-state index contributed by atoms with van der Waals surface area (Å²) in [5.41, 5.74) is 5.04. The quantitative estimate of drug-likeness (QED) is 0.546. The summed E-state index contributed by atoms with van der Waals surface area (Å²) in [6, 6.07) is 8.30. The number of hydrogen-bond acceptors (Lipinski definition) is 4. The Morgan fingerprint density at radius 3 is 2.25 bits per heavy atom. The second-order valence-electron chi connectivity index (χ2n) is 11.5. The standard InChI is InChI=1S/C28H47N3O/c1-6-7-14-29-15-17-30(18-16-29)27-9-8-25(31-22(2)20-32-21-23(31)3)19-26(27)24-10-12-28(4,5)13-11-24/h8-9,19,22-24H,6-7,10-18,20-21H2,1-5H3/t22-,23+. The van der Waals surface area contributed by atoms with Crippen LogP contribution in [0, 0.1) is 5.41 Å². The van der Waals surface area contributed by atoms with Gasteiger partial charge in [-0.05, 0) is 87.6 Å². The molecular weight excluding hydrogens is 394 g/mol. The minimum Gasteiger partial charge on any atom is -0.377 e. The summed E-state index contributed by atoms with van der Waals surface area (Å²) in [5.74, 6) is 0.697. The summed E-state index contributed by atoms with van der Waals surface area (Å²) >= 11 is 0. The minimum absolute atomic E-state index is 0.435. The Hall–Kier alpha value is -1.26. The molecule has 0 amide bonds. The van der Waals surface area contributed by atoms with Crippen LogP contribution >= 0.6 is 0 Å². The van der Waals surface area contributed by atoms with Gasteiger partial charge < -0.3 is 14.5 Å². The maximum Gasteiger partial charge on any atom is 0.0668 e. The van der Waals surface area contributed by atoms with E-state index in [9.17, 15) is 0 Å². The number of ether oxygens (including phenoxy) is 1. The summed E-state index contributed by atoms with van der Waals surface area (Å²) in [7, 11) is 0. The fourth-order valence-electron chi connectivity index (χ4n) is 6.14. The SMILES string of the molecule is CCCCN1CCN(c2ccc(N3[C@H](C)COC[C@@H]3C)cc2C2CCC(C)(C)CC2)CC1. The van der Waals surface area contributed by atoms with Gasteiger partial charge in [0.1, 0.15) is 0 Å². The molecule has 0 spiro atoms. The van der Waals surface area contributed by atoms with Crippen LogP contribution in [0.15, 0.2) is 18.2 Å². The molecule has 3 fully saturated rings.